The van der Waals surface area contributed by atoms with E-state index in [0.29, 0.717) is 11.9 Å². The normalized spacial score (nSPS) is 24.3. The predicted octanol–water partition coefficient (Wildman–Crippen LogP) is 0.966. The van der Waals surface area contributed by atoms with Crippen LogP contribution in [0, 0.1) is 5.92 Å². The van der Waals surface area contributed by atoms with Gasteiger partial charge in [0.05, 0.1) is 0 Å². The molecule has 2 rings (SSSR count). The second-order valence-corrected chi connectivity index (χ2v) is 5.36. The number of carbonyl (C=O) groups excluding carboxylic acids is 1. The van der Waals surface area contributed by atoms with Gasteiger partial charge in [0.25, 0.3) is 0 Å². The zero-order chi connectivity index (χ0) is 12.3. The van der Waals surface area contributed by atoms with Crippen LogP contribution < -0.4 is 0 Å². The fourth-order valence-electron chi connectivity index (χ4n) is 2.72. The van der Waals surface area contributed by atoms with E-state index in [4.69, 9.17) is 4.74 Å². The largest absolute Gasteiger partial charge is 0.381 e. The van der Waals surface area contributed by atoms with Gasteiger partial charge in [-0.15, -0.1) is 0 Å². The number of amides is 1. The molecule has 4 heteroatoms. The molecule has 0 aromatic heterocycles. The lowest BCUT2D eigenvalue weighted by molar-refractivity contribution is -0.136. The third-order valence-corrected chi connectivity index (χ3v) is 3.83. The second kappa shape index (κ2) is 5.83. The molecule has 0 spiro atoms. The molecule has 4 nitrogen and oxygen atoms in total. The van der Waals surface area contributed by atoms with Crippen LogP contribution in [0.25, 0.3) is 0 Å². The van der Waals surface area contributed by atoms with Gasteiger partial charge < -0.3 is 9.64 Å². The van der Waals surface area contributed by atoms with Crippen LogP contribution in [-0.4, -0.2) is 61.1 Å². The van der Waals surface area contributed by atoms with E-state index in [0.717, 1.165) is 52.2 Å². The Morgan fingerprint density at radius 2 is 1.71 bits per heavy atom. The minimum Gasteiger partial charge on any atom is -0.381 e. The van der Waals surface area contributed by atoms with Crippen molar-refractivity contribution in [2.75, 3.05) is 39.4 Å². The highest BCUT2D eigenvalue weighted by molar-refractivity contribution is 5.78. The maximum absolute atomic E-state index is 11.9. The Morgan fingerprint density at radius 1 is 1.12 bits per heavy atom. The summed E-state index contributed by atoms with van der Waals surface area (Å²) < 4.78 is 5.39. The summed E-state index contributed by atoms with van der Waals surface area (Å²) in [5.74, 6) is 0.432. The first-order chi connectivity index (χ1) is 8.18. The first kappa shape index (κ1) is 12.8. The lowest BCUT2D eigenvalue weighted by Gasteiger charge is -2.41. The molecule has 1 amide bonds. The Labute approximate surface area is 104 Å². The number of piperazine rings is 1. The molecule has 0 aromatic rings. The van der Waals surface area contributed by atoms with Crippen LogP contribution in [0.5, 0.6) is 0 Å². The topological polar surface area (TPSA) is 32.8 Å². The molecule has 0 unspecified atom stereocenters. The summed E-state index contributed by atoms with van der Waals surface area (Å²) in [5, 5.41) is 0. The standard InChI is InChI=1S/C13H24N2O2/c1-11(2)13(16)15-7-5-14(6-8-15)12-3-9-17-10-4-12/h11-12H,3-10H2,1-2H3. The van der Waals surface area contributed by atoms with Crippen LogP contribution in [0.2, 0.25) is 0 Å². The van der Waals surface area contributed by atoms with Crippen LogP contribution in [0.15, 0.2) is 0 Å². The molecule has 2 fully saturated rings. The quantitative estimate of drug-likeness (QED) is 0.721. The van der Waals surface area contributed by atoms with Crippen molar-refractivity contribution in [3.8, 4) is 0 Å². The molecule has 0 N–H and O–H groups in total. The molecular weight excluding hydrogens is 216 g/mol. The Balaban J connectivity index is 1.79. The minimum absolute atomic E-state index is 0.129. The van der Waals surface area contributed by atoms with Crippen molar-refractivity contribution in [2.24, 2.45) is 5.92 Å². The fraction of sp³-hybridized carbons (Fsp3) is 0.923. The van der Waals surface area contributed by atoms with Crippen LogP contribution in [0.4, 0.5) is 0 Å². The van der Waals surface area contributed by atoms with Gasteiger partial charge in [-0.1, -0.05) is 13.8 Å². The number of rotatable bonds is 2. The van der Waals surface area contributed by atoms with E-state index in [1.807, 2.05) is 18.7 Å². The Morgan fingerprint density at radius 3 is 2.24 bits per heavy atom. The number of ether oxygens (including phenoxy) is 1. The molecule has 2 aliphatic rings. The summed E-state index contributed by atoms with van der Waals surface area (Å²) in [6.07, 6.45) is 2.30. The smallest absolute Gasteiger partial charge is 0.225 e. The highest BCUT2D eigenvalue weighted by Gasteiger charge is 2.27. The third-order valence-electron chi connectivity index (χ3n) is 3.83. The van der Waals surface area contributed by atoms with Crippen molar-refractivity contribution < 1.29 is 9.53 Å². The predicted molar refractivity (Wildman–Crippen MR) is 66.8 cm³/mol. The highest BCUT2D eigenvalue weighted by Crippen LogP contribution is 2.17. The number of hydrogen-bond acceptors (Lipinski definition) is 3. The van der Waals surface area contributed by atoms with Crippen LogP contribution in [0.3, 0.4) is 0 Å². The van der Waals surface area contributed by atoms with Gasteiger partial charge in [0.15, 0.2) is 0 Å². The number of carbonyl (C=O) groups is 1. The molecule has 98 valence electrons. The van der Waals surface area contributed by atoms with Crippen molar-refractivity contribution in [1.82, 2.24) is 9.80 Å². The van der Waals surface area contributed by atoms with Crippen LogP contribution in [-0.2, 0) is 9.53 Å². The molecule has 0 aliphatic carbocycles. The van der Waals surface area contributed by atoms with Crippen molar-refractivity contribution >= 4 is 5.91 Å². The van der Waals surface area contributed by atoms with Crippen LogP contribution in [0.1, 0.15) is 26.7 Å². The first-order valence-corrected chi connectivity index (χ1v) is 6.79. The SMILES string of the molecule is CC(C)C(=O)N1CCN(C2CCOCC2)CC1. The molecule has 0 bridgehead atoms. The van der Waals surface area contributed by atoms with Gasteiger partial charge in [0.2, 0.25) is 5.91 Å². The summed E-state index contributed by atoms with van der Waals surface area (Å²) in [6.45, 7) is 9.61. The van der Waals surface area contributed by atoms with Crippen molar-refractivity contribution in [2.45, 2.75) is 32.7 Å². The summed E-state index contributed by atoms with van der Waals surface area (Å²) in [6, 6.07) is 0.681. The lowest BCUT2D eigenvalue weighted by Crippen LogP contribution is -2.53. The van der Waals surface area contributed by atoms with E-state index in [9.17, 15) is 4.79 Å². The second-order valence-electron chi connectivity index (χ2n) is 5.36. The molecule has 0 radical (unpaired) electrons. The van der Waals surface area contributed by atoms with Gasteiger partial charge in [0.1, 0.15) is 0 Å². The maximum atomic E-state index is 11.9. The van der Waals surface area contributed by atoms with Gasteiger partial charge in [-0.2, -0.15) is 0 Å². The first-order valence-electron chi connectivity index (χ1n) is 6.79. The molecule has 2 saturated heterocycles. The van der Waals surface area contributed by atoms with Crippen molar-refractivity contribution in [3.63, 3.8) is 0 Å². The summed E-state index contributed by atoms with van der Waals surface area (Å²) >= 11 is 0. The Kier molecular flexibility index (Phi) is 4.40. The van der Waals surface area contributed by atoms with Gasteiger partial charge in [-0.25, -0.2) is 0 Å². The van der Waals surface area contributed by atoms with E-state index in [1.54, 1.807) is 0 Å². The molecule has 17 heavy (non-hydrogen) atoms. The van der Waals surface area contributed by atoms with E-state index < -0.39 is 0 Å². The van der Waals surface area contributed by atoms with Crippen LogP contribution >= 0.6 is 0 Å². The van der Waals surface area contributed by atoms with Gasteiger partial charge in [0, 0.05) is 51.4 Å². The molecular formula is C13H24N2O2. The zero-order valence-electron chi connectivity index (χ0n) is 11.0. The summed E-state index contributed by atoms with van der Waals surface area (Å²) in [7, 11) is 0. The average Bonchev–Trinajstić information content (AvgIpc) is 2.39. The maximum Gasteiger partial charge on any atom is 0.225 e. The molecule has 0 saturated carbocycles. The van der Waals surface area contributed by atoms with E-state index in [-0.39, 0.29) is 5.92 Å². The van der Waals surface area contributed by atoms with Crippen molar-refractivity contribution in [1.29, 1.82) is 0 Å². The van der Waals surface area contributed by atoms with Crippen molar-refractivity contribution in [3.05, 3.63) is 0 Å². The molecule has 0 aromatic carbocycles. The van der Waals surface area contributed by atoms with Gasteiger partial charge >= 0.3 is 0 Å². The third kappa shape index (κ3) is 3.19. The highest BCUT2D eigenvalue weighted by atomic mass is 16.5. The van der Waals surface area contributed by atoms with Gasteiger partial charge in [-0.05, 0) is 12.8 Å². The molecule has 2 heterocycles. The summed E-state index contributed by atoms with van der Waals surface area (Å²) in [4.78, 5) is 16.4. The van der Waals surface area contributed by atoms with E-state index >= 15 is 0 Å². The monoisotopic (exact) mass is 240 g/mol. The number of hydrogen-bond donors (Lipinski definition) is 0. The lowest BCUT2D eigenvalue weighted by atomic mass is 10.1. The zero-order valence-corrected chi connectivity index (χ0v) is 11.0. The average molecular weight is 240 g/mol. The van der Waals surface area contributed by atoms with Gasteiger partial charge in [-0.3, -0.25) is 9.69 Å². The van der Waals surface area contributed by atoms with E-state index in [2.05, 4.69) is 4.90 Å². The fourth-order valence-corrected chi connectivity index (χ4v) is 2.72. The Bertz CT molecular complexity index is 254. The minimum atomic E-state index is 0.129. The number of nitrogens with zero attached hydrogens (tertiary/aromatic N) is 2. The Hall–Kier alpha value is -0.610. The summed E-state index contributed by atoms with van der Waals surface area (Å²) in [5.41, 5.74) is 0. The molecule has 2 aliphatic heterocycles. The molecule has 0 atom stereocenters. The van der Waals surface area contributed by atoms with E-state index in [1.165, 1.54) is 0 Å².